The molecule has 4 nitrogen and oxygen atoms in total. The van der Waals surface area contributed by atoms with Crippen LogP contribution in [-0.2, 0) is 14.3 Å². The van der Waals surface area contributed by atoms with Gasteiger partial charge in [-0.3, -0.25) is 4.79 Å². The van der Waals surface area contributed by atoms with Crippen LogP contribution in [0.3, 0.4) is 0 Å². The summed E-state index contributed by atoms with van der Waals surface area (Å²) < 4.78 is 4.51. The highest BCUT2D eigenvalue weighted by atomic mass is 35.5. The van der Waals surface area contributed by atoms with Gasteiger partial charge in [0.1, 0.15) is 0 Å². The number of esters is 1. The Labute approximate surface area is 111 Å². The first-order chi connectivity index (χ1) is 8.43. The first-order valence-electron chi connectivity index (χ1n) is 5.27. The number of amides is 1. The summed E-state index contributed by atoms with van der Waals surface area (Å²) in [6.45, 7) is 3.27. The Balaban J connectivity index is 3.18. The molecule has 0 aliphatic rings. The van der Waals surface area contributed by atoms with E-state index in [1.807, 2.05) is 13.0 Å². The van der Waals surface area contributed by atoms with E-state index >= 15 is 0 Å². The molecular weight excluding hydrogens is 254 g/mol. The zero-order valence-corrected chi connectivity index (χ0v) is 11.2. The van der Waals surface area contributed by atoms with Crippen molar-refractivity contribution in [3.05, 3.63) is 34.4 Å². The number of hydrogen-bond acceptors (Lipinski definition) is 3. The maximum Gasteiger partial charge on any atom is 0.330 e. The minimum Gasteiger partial charge on any atom is -0.466 e. The molecule has 0 saturated carbocycles. The number of aryl methyl sites for hydroxylation is 1. The second-order valence-electron chi connectivity index (χ2n) is 3.75. The first-order valence-corrected chi connectivity index (χ1v) is 5.65. The Morgan fingerprint density at radius 1 is 1.39 bits per heavy atom. The van der Waals surface area contributed by atoms with Crippen molar-refractivity contribution in [2.45, 2.75) is 13.8 Å². The molecule has 0 heterocycles. The zero-order valence-electron chi connectivity index (χ0n) is 10.4. The number of ether oxygens (including phenoxy) is 1. The molecule has 0 saturated heterocycles. The first kappa shape index (κ1) is 14.3. The van der Waals surface area contributed by atoms with Gasteiger partial charge in [-0.2, -0.15) is 0 Å². The summed E-state index contributed by atoms with van der Waals surface area (Å²) in [4.78, 5) is 22.2. The maximum absolute atomic E-state index is 11.1. The number of methoxy groups -OCH3 is 1. The lowest BCUT2D eigenvalue weighted by Gasteiger charge is -2.10. The van der Waals surface area contributed by atoms with Crippen molar-refractivity contribution in [1.82, 2.24) is 0 Å². The van der Waals surface area contributed by atoms with E-state index in [9.17, 15) is 9.59 Å². The molecule has 0 aliphatic carbocycles. The Hall–Kier alpha value is -1.81. The number of anilines is 1. The topological polar surface area (TPSA) is 55.4 Å². The van der Waals surface area contributed by atoms with Gasteiger partial charge < -0.3 is 10.1 Å². The smallest absolute Gasteiger partial charge is 0.330 e. The van der Waals surface area contributed by atoms with Crippen LogP contribution >= 0.6 is 11.6 Å². The third kappa shape index (κ3) is 3.89. The summed E-state index contributed by atoms with van der Waals surface area (Å²) in [5.41, 5.74) is 2.06. The van der Waals surface area contributed by atoms with Crippen LogP contribution in [0.5, 0.6) is 0 Å². The lowest BCUT2D eigenvalue weighted by Crippen LogP contribution is -2.08. The molecule has 0 unspecified atom stereocenters. The molecule has 0 radical (unpaired) electrons. The van der Waals surface area contributed by atoms with E-state index in [4.69, 9.17) is 11.6 Å². The molecule has 1 amide bonds. The lowest BCUT2D eigenvalue weighted by molar-refractivity contribution is -0.134. The van der Waals surface area contributed by atoms with Crippen molar-refractivity contribution < 1.29 is 14.3 Å². The van der Waals surface area contributed by atoms with Gasteiger partial charge in [-0.25, -0.2) is 4.79 Å². The third-order valence-electron chi connectivity index (χ3n) is 2.17. The Bertz CT molecular complexity index is 509. The number of nitrogens with one attached hydrogen (secondary N) is 1. The summed E-state index contributed by atoms with van der Waals surface area (Å²) in [6, 6.07) is 3.55. The van der Waals surface area contributed by atoms with Crippen LogP contribution in [0.25, 0.3) is 6.08 Å². The van der Waals surface area contributed by atoms with Crippen LogP contribution in [0, 0.1) is 6.92 Å². The molecule has 0 bridgehead atoms. The molecule has 0 fully saturated rings. The highest BCUT2D eigenvalue weighted by Crippen LogP contribution is 2.29. The predicted octanol–water partition coefficient (Wildman–Crippen LogP) is 2.79. The summed E-state index contributed by atoms with van der Waals surface area (Å²) in [7, 11) is 1.30. The van der Waals surface area contributed by atoms with Crippen molar-refractivity contribution in [3.63, 3.8) is 0 Å². The number of carbonyl (C=O) groups is 2. The van der Waals surface area contributed by atoms with Crippen LogP contribution < -0.4 is 5.32 Å². The van der Waals surface area contributed by atoms with Crippen LogP contribution in [0.1, 0.15) is 18.1 Å². The molecule has 0 atom stereocenters. The van der Waals surface area contributed by atoms with Crippen LogP contribution in [-0.4, -0.2) is 19.0 Å². The molecular formula is C13H14ClNO3. The molecule has 5 heteroatoms. The van der Waals surface area contributed by atoms with E-state index in [1.165, 1.54) is 20.1 Å². The van der Waals surface area contributed by atoms with E-state index < -0.39 is 5.97 Å². The standard InChI is InChI=1S/C13H14ClNO3/c1-8-6-10(4-5-12(17)18-3)13(11(14)7-8)15-9(2)16/h4-7H,1-3H3,(H,15,16)/b5-4+. The molecule has 96 valence electrons. The van der Waals surface area contributed by atoms with Gasteiger partial charge in [-0.05, 0) is 30.7 Å². The molecule has 1 rings (SSSR count). The Morgan fingerprint density at radius 3 is 2.61 bits per heavy atom. The molecule has 0 aliphatic heterocycles. The van der Waals surface area contributed by atoms with Crippen LogP contribution in [0.4, 0.5) is 5.69 Å². The summed E-state index contributed by atoms with van der Waals surface area (Å²) in [6.07, 6.45) is 2.83. The lowest BCUT2D eigenvalue weighted by atomic mass is 10.1. The van der Waals surface area contributed by atoms with Gasteiger partial charge in [-0.1, -0.05) is 11.6 Å². The maximum atomic E-state index is 11.1. The molecule has 0 aromatic heterocycles. The highest BCUT2D eigenvalue weighted by molar-refractivity contribution is 6.34. The van der Waals surface area contributed by atoms with Crippen molar-refractivity contribution >= 4 is 35.2 Å². The fourth-order valence-electron chi connectivity index (χ4n) is 1.43. The molecule has 0 spiro atoms. The van der Waals surface area contributed by atoms with Crippen LogP contribution in [0.15, 0.2) is 18.2 Å². The van der Waals surface area contributed by atoms with Gasteiger partial charge in [0, 0.05) is 18.6 Å². The number of carbonyl (C=O) groups excluding carboxylic acids is 2. The van der Waals surface area contributed by atoms with E-state index in [0.29, 0.717) is 16.3 Å². The van der Waals surface area contributed by atoms with Crippen molar-refractivity contribution in [2.24, 2.45) is 0 Å². The average molecular weight is 268 g/mol. The minimum atomic E-state index is -0.471. The van der Waals surface area contributed by atoms with Crippen molar-refractivity contribution in [1.29, 1.82) is 0 Å². The van der Waals surface area contributed by atoms with Gasteiger partial charge in [0.15, 0.2) is 0 Å². The van der Waals surface area contributed by atoms with Crippen LogP contribution in [0.2, 0.25) is 5.02 Å². The minimum absolute atomic E-state index is 0.228. The highest BCUT2D eigenvalue weighted by Gasteiger charge is 2.08. The zero-order chi connectivity index (χ0) is 13.7. The average Bonchev–Trinajstić information content (AvgIpc) is 2.29. The summed E-state index contributed by atoms with van der Waals surface area (Å²) in [5, 5.41) is 3.06. The summed E-state index contributed by atoms with van der Waals surface area (Å²) >= 11 is 6.06. The number of hydrogen-bond donors (Lipinski definition) is 1. The van der Waals surface area contributed by atoms with E-state index in [-0.39, 0.29) is 5.91 Å². The number of rotatable bonds is 3. The largest absolute Gasteiger partial charge is 0.466 e. The van der Waals surface area contributed by atoms with Crippen molar-refractivity contribution in [3.8, 4) is 0 Å². The van der Waals surface area contributed by atoms with Gasteiger partial charge in [-0.15, -0.1) is 0 Å². The fraction of sp³-hybridized carbons (Fsp3) is 0.231. The summed E-state index contributed by atoms with van der Waals surface area (Å²) in [5.74, 6) is -0.699. The molecule has 18 heavy (non-hydrogen) atoms. The van der Waals surface area contributed by atoms with E-state index in [2.05, 4.69) is 10.1 Å². The Morgan fingerprint density at radius 2 is 2.06 bits per heavy atom. The van der Waals surface area contributed by atoms with Gasteiger partial charge >= 0.3 is 5.97 Å². The van der Waals surface area contributed by atoms with Gasteiger partial charge in [0.25, 0.3) is 0 Å². The van der Waals surface area contributed by atoms with Gasteiger partial charge in [0.05, 0.1) is 17.8 Å². The quantitative estimate of drug-likeness (QED) is 0.677. The fourth-order valence-corrected chi connectivity index (χ4v) is 1.76. The second-order valence-corrected chi connectivity index (χ2v) is 4.16. The van der Waals surface area contributed by atoms with Crippen molar-refractivity contribution in [2.75, 3.05) is 12.4 Å². The monoisotopic (exact) mass is 267 g/mol. The third-order valence-corrected chi connectivity index (χ3v) is 2.46. The van der Waals surface area contributed by atoms with E-state index in [0.717, 1.165) is 5.56 Å². The Kier molecular flexibility index (Phi) is 4.92. The predicted molar refractivity (Wildman–Crippen MR) is 71.5 cm³/mol. The normalized spacial score (nSPS) is 10.4. The molecule has 1 aromatic carbocycles. The molecule has 1 N–H and O–H groups in total. The number of benzene rings is 1. The SMILES string of the molecule is COC(=O)/C=C/c1cc(C)cc(Cl)c1NC(C)=O. The van der Waals surface area contributed by atoms with E-state index in [1.54, 1.807) is 12.1 Å². The number of halogens is 1. The van der Waals surface area contributed by atoms with Gasteiger partial charge in [0.2, 0.25) is 5.91 Å². The second kappa shape index (κ2) is 6.21. The molecule has 1 aromatic rings.